The lowest BCUT2D eigenvalue weighted by atomic mass is 9.95. The van der Waals surface area contributed by atoms with Gasteiger partial charge in [-0.05, 0) is 67.0 Å². The van der Waals surface area contributed by atoms with E-state index in [-0.39, 0.29) is 6.04 Å². The van der Waals surface area contributed by atoms with E-state index in [1.165, 1.54) is 22.3 Å². The molecule has 2 rings (SSSR count). The molecule has 0 bridgehead atoms. The topological polar surface area (TPSA) is 35.6 Å². The lowest BCUT2D eigenvalue weighted by Crippen LogP contribution is -2.12. The standard InChI is InChI=1S/C13H18N4S/c1-8-6-9(2)12(10(3)7-8)11(4)17-13(18)16(5)14-15-17/h6-7,11H,1-5H3/t11-/m0/s1. The third kappa shape index (κ3) is 2.10. The molecule has 0 fully saturated rings. The van der Waals surface area contributed by atoms with Gasteiger partial charge in [0.15, 0.2) is 0 Å². The Morgan fingerprint density at radius 3 is 2.11 bits per heavy atom. The molecule has 0 aliphatic rings. The first-order valence-electron chi connectivity index (χ1n) is 5.98. The molecular weight excluding hydrogens is 244 g/mol. The van der Waals surface area contributed by atoms with Crippen LogP contribution in [0.25, 0.3) is 0 Å². The van der Waals surface area contributed by atoms with Crippen molar-refractivity contribution in [2.75, 3.05) is 0 Å². The van der Waals surface area contributed by atoms with Crippen molar-refractivity contribution < 1.29 is 0 Å². The van der Waals surface area contributed by atoms with E-state index < -0.39 is 0 Å². The largest absolute Gasteiger partial charge is 0.222 e. The van der Waals surface area contributed by atoms with Gasteiger partial charge in [-0.25, -0.2) is 9.36 Å². The minimum absolute atomic E-state index is 0.104. The van der Waals surface area contributed by atoms with Crippen LogP contribution in [0.2, 0.25) is 0 Å². The smallest absolute Gasteiger partial charge is 0.216 e. The predicted molar refractivity (Wildman–Crippen MR) is 74.3 cm³/mol. The number of hydrogen-bond acceptors (Lipinski definition) is 3. The number of hydrogen-bond donors (Lipinski definition) is 0. The first kappa shape index (κ1) is 13.0. The second-order valence-electron chi connectivity index (χ2n) is 4.82. The summed E-state index contributed by atoms with van der Waals surface area (Å²) in [6.45, 7) is 8.48. The van der Waals surface area contributed by atoms with Gasteiger partial charge in [-0.3, -0.25) is 0 Å². The van der Waals surface area contributed by atoms with Gasteiger partial charge in [0.25, 0.3) is 0 Å². The van der Waals surface area contributed by atoms with Crippen molar-refractivity contribution in [2.24, 2.45) is 7.05 Å². The fourth-order valence-corrected chi connectivity index (χ4v) is 2.77. The molecule has 0 saturated carbocycles. The summed E-state index contributed by atoms with van der Waals surface area (Å²) in [5.41, 5.74) is 5.10. The molecule has 2 aromatic rings. The molecule has 0 saturated heterocycles. The average Bonchev–Trinajstić information content (AvgIpc) is 2.58. The van der Waals surface area contributed by atoms with Crippen LogP contribution in [0.4, 0.5) is 0 Å². The number of benzene rings is 1. The molecule has 5 heteroatoms. The minimum Gasteiger partial charge on any atom is -0.222 e. The van der Waals surface area contributed by atoms with Crippen molar-refractivity contribution in [3.63, 3.8) is 0 Å². The molecule has 0 spiro atoms. The fraction of sp³-hybridized carbons (Fsp3) is 0.462. The van der Waals surface area contributed by atoms with Crippen LogP contribution in [0.3, 0.4) is 0 Å². The highest BCUT2D eigenvalue weighted by Crippen LogP contribution is 2.25. The fourth-order valence-electron chi connectivity index (χ4n) is 2.54. The van der Waals surface area contributed by atoms with Gasteiger partial charge in [-0.15, -0.1) is 0 Å². The van der Waals surface area contributed by atoms with Gasteiger partial charge in [0, 0.05) is 7.05 Å². The Kier molecular flexibility index (Phi) is 3.34. The summed E-state index contributed by atoms with van der Waals surface area (Å²) in [5.74, 6) is 0. The van der Waals surface area contributed by atoms with Crippen LogP contribution in [0.5, 0.6) is 0 Å². The Morgan fingerprint density at radius 1 is 1.11 bits per heavy atom. The summed E-state index contributed by atoms with van der Waals surface area (Å²) >= 11 is 5.32. The van der Waals surface area contributed by atoms with Crippen molar-refractivity contribution >= 4 is 12.2 Å². The van der Waals surface area contributed by atoms with E-state index in [0.29, 0.717) is 4.77 Å². The van der Waals surface area contributed by atoms with E-state index in [0.717, 1.165) is 0 Å². The summed E-state index contributed by atoms with van der Waals surface area (Å²) in [7, 11) is 1.81. The van der Waals surface area contributed by atoms with Crippen molar-refractivity contribution in [1.82, 2.24) is 19.8 Å². The lowest BCUT2D eigenvalue weighted by Gasteiger charge is -2.18. The molecule has 0 aliphatic carbocycles. The summed E-state index contributed by atoms with van der Waals surface area (Å²) < 4.78 is 4.05. The van der Waals surface area contributed by atoms with Gasteiger partial charge < -0.3 is 0 Å². The molecule has 0 aliphatic heterocycles. The highest BCUT2D eigenvalue weighted by atomic mass is 32.1. The highest BCUT2D eigenvalue weighted by Gasteiger charge is 2.16. The van der Waals surface area contributed by atoms with Crippen molar-refractivity contribution in [1.29, 1.82) is 0 Å². The Bertz CT molecular complexity index is 616. The normalized spacial score (nSPS) is 12.7. The summed E-state index contributed by atoms with van der Waals surface area (Å²) in [6.07, 6.45) is 0. The molecule has 18 heavy (non-hydrogen) atoms. The van der Waals surface area contributed by atoms with Crippen molar-refractivity contribution in [3.8, 4) is 0 Å². The van der Waals surface area contributed by atoms with Gasteiger partial charge in [-0.2, -0.15) is 0 Å². The molecule has 4 nitrogen and oxygen atoms in total. The highest BCUT2D eigenvalue weighted by molar-refractivity contribution is 7.71. The maximum Gasteiger partial charge on any atom is 0.216 e. The van der Waals surface area contributed by atoms with Crippen LogP contribution >= 0.6 is 12.2 Å². The monoisotopic (exact) mass is 262 g/mol. The third-order valence-electron chi connectivity index (χ3n) is 3.27. The minimum atomic E-state index is 0.104. The molecule has 1 aromatic heterocycles. The van der Waals surface area contributed by atoms with Crippen LogP contribution in [0.15, 0.2) is 12.1 Å². The zero-order chi connectivity index (χ0) is 13.4. The predicted octanol–water partition coefficient (Wildman–Crippen LogP) is 2.88. The van der Waals surface area contributed by atoms with Crippen molar-refractivity contribution in [2.45, 2.75) is 33.7 Å². The van der Waals surface area contributed by atoms with E-state index in [1.807, 2.05) is 7.05 Å². The Hall–Kier alpha value is -1.49. The maximum atomic E-state index is 5.32. The Balaban J connectivity index is 2.56. The van der Waals surface area contributed by atoms with Gasteiger partial charge in [0.2, 0.25) is 4.77 Å². The molecule has 0 radical (unpaired) electrons. The van der Waals surface area contributed by atoms with Crippen LogP contribution in [0.1, 0.15) is 35.2 Å². The van der Waals surface area contributed by atoms with E-state index in [1.54, 1.807) is 9.36 Å². The van der Waals surface area contributed by atoms with E-state index >= 15 is 0 Å². The molecule has 0 unspecified atom stereocenters. The zero-order valence-electron chi connectivity index (χ0n) is 11.4. The van der Waals surface area contributed by atoms with Crippen LogP contribution < -0.4 is 0 Å². The summed E-state index contributed by atoms with van der Waals surface area (Å²) in [4.78, 5) is 0. The van der Waals surface area contributed by atoms with Gasteiger partial charge in [0.1, 0.15) is 0 Å². The number of nitrogens with zero attached hydrogens (tertiary/aromatic N) is 4. The molecule has 0 N–H and O–H groups in total. The van der Waals surface area contributed by atoms with E-state index in [2.05, 4.69) is 50.3 Å². The average molecular weight is 262 g/mol. The van der Waals surface area contributed by atoms with Crippen molar-refractivity contribution in [3.05, 3.63) is 39.2 Å². The Labute approximate surface area is 112 Å². The second-order valence-corrected chi connectivity index (χ2v) is 5.18. The first-order valence-corrected chi connectivity index (χ1v) is 6.39. The van der Waals surface area contributed by atoms with Crippen LogP contribution in [-0.2, 0) is 7.05 Å². The summed E-state index contributed by atoms with van der Waals surface area (Å²) in [6, 6.07) is 4.49. The molecular formula is C13H18N4S. The van der Waals surface area contributed by atoms with Crippen LogP contribution in [0, 0.1) is 25.5 Å². The Morgan fingerprint density at radius 2 is 1.67 bits per heavy atom. The van der Waals surface area contributed by atoms with Gasteiger partial charge in [0.05, 0.1) is 6.04 Å². The molecule has 1 aromatic carbocycles. The molecule has 1 atom stereocenters. The SMILES string of the molecule is Cc1cc(C)c([C@H](C)n2nnn(C)c2=S)c(C)c1. The quantitative estimate of drug-likeness (QED) is 0.781. The third-order valence-corrected chi connectivity index (χ3v) is 3.72. The van der Waals surface area contributed by atoms with Gasteiger partial charge in [-0.1, -0.05) is 17.7 Å². The molecule has 96 valence electrons. The maximum absolute atomic E-state index is 5.32. The molecule has 1 heterocycles. The van der Waals surface area contributed by atoms with E-state index in [9.17, 15) is 0 Å². The zero-order valence-corrected chi connectivity index (χ0v) is 12.2. The number of aromatic nitrogens is 4. The lowest BCUT2D eigenvalue weighted by molar-refractivity contribution is 0.533. The first-order chi connectivity index (χ1) is 8.41. The number of tetrazole rings is 1. The second kappa shape index (κ2) is 4.65. The number of aryl methyl sites for hydroxylation is 4. The molecule has 0 amide bonds. The van der Waals surface area contributed by atoms with E-state index in [4.69, 9.17) is 12.2 Å². The summed E-state index contributed by atoms with van der Waals surface area (Å²) in [5, 5.41) is 8.09. The van der Waals surface area contributed by atoms with Gasteiger partial charge >= 0.3 is 0 Å². The van der Waals surface area contributed by atoms with Crippen LogP contribution in [-0.4, -0.2) is 19.8 Å². The number of rotatable bonds is 2.